The Hall–Kier alpha value is -2.36. The number of halogens is 3. The van der Waals surface area contributed by atoms with Crippen molar-refractivity contribution in [1.82, 2.24) is 5.32 Å². The van der Waals surface area contributed by atoms with Gasteiger partial charge in [-0.05, 0) is 49.4 Å². The topological polar surface area (TPSA) is 85.9 Å². The van der Waals surface area contributed by atoms with Crippen molar-refractivity contribution in [1.29, 1.82) is 0 Å². The molecular formula is C25H25Cl3N2O5S. The third-order valence-electron chi connectivity index (χ3n) is 5.88. The molecule has 0 spiro atoms. The van der Waals surface area contributed by atoms with Crippen LogP contribution in [0, 0.1) is 0 Å². The standard InChI is InChI=1S/C25H25Cl3N2O5S/c1-25(8-9-29-14-25)35-21-11-16(5-7-19(21)27)30-36(31,32)24-13-23(34-3)22(33-2)12-17(24)15-4-6-18(26)20(28)10-15/h4-7,10-13,29-30H,8-9,14H2,1-3H3/t25-/m1/s1. The molecule has 1 atom stereocenters. The van der Waals surface area contributed by atoms with Crippen molar-refractivity contribution in [3.63, 3.8) is 0 Å². The summed E-state index contributed by atoms with van der Waals surface area (Å²) in [4.78, 5) is -0.0390. The van der Waals surface area contributed by atoms with E-state index >= 15 is 0 Å². The molecule has 3 aromatic carbocycles. The fraction of sp³-hybridized carbons (Fsp3) is 0.280. The summed E-state index contributed by atoms with van der Waals surface area (Å²) >= 11 is 18.7. The molecule has 192 valence electrons. The molecule has 1 aliphatic heterocycles. The van der Waals surface area contributed by atoms with E-state index in [0.717, 1.165) is 13.0 Å². The molecule has 36 heavy (non-hydrogen) atoms. The minimum absolute atomic E-state index is 0.0390. The average Bonchev–Trinajstić information content (AvgIpc) is 3.27. The van der Waals surface area contributed by atoms with E-state index in [1.807, 2.05) is 6.92 Å². The zero-order valence-corrected chi connectivity index (χ0v) is 22.9. The van der Waals surface area contributed by atoms with Crippen LogP contribution in [0.1, 0.15) is 13.3 Å². The number of hydrogen-bond acceptors (Lipinski definition) is 6. The molecule has 0 aromatic heterocycles. The Morgan fingerprint density at radius 2 is 1.58 bits per heavy atom. The van der Waals surface area contributed by atoms with Crippen LogP contribution in [-0.2, 0) is 10.0 Å². The van der Waals surface area contributed by atoms with Gasteiger partial charge >= 0.3 is 0 Å². The van der Waals surface area contributed by atoms with Crippen LogP contribution in [0.25, 0.3) is 11.1 Å². The van der Waals surface area contributed by atoms with Crippen LogP contribution < -0.4 is 24.2 Å². The van der Waals surface area contributed by atoms with Gasteiger partial charge in [-0.25, -0.2) is 8.42 Å². The molecule has 4 rings (SSSR count). The average molecular weight is 572 g/mol. The van der Waals surface area contributed by atoms with Gasteiger partial charge in [0.05, 0.1) is 39.9 Å². The normalized spacial score (nSPS) is 17.6. The van der Waals surface area contributed by atoms with Gasteiger partial charge in [-0.2, -0.15) is 0 Å². The number of methoxy groups -OCH3 is 2. The summed E-state index contributed by atoms with van der Waals surface area (Å²) in [6.07, 6.45) is 0.804. The molecule has 1 heterocycles. The maximum Gasteiger partial charge on any atom is 0.262 e. The quantitative estimate of drug-likeness (QED) is 0.332. The predicted octanol–water partition coefficient (Wildman–Crippen LogP) is 6.26. The fourth-order valence-corrected chi connectivity index (χ4v) is 5.70. The van der Waals surface area contributed by atoms with E-state index in [1.165, 1.54) is 20.3 Å². The zero-order chi connectivity index (χ0) is 26.1. The van der Waals surface area contributed by atoms with E-state index in [4.69, 9.17) is 49.0 Å². The molecular weight excluding hydrogens is 547 g/mol. The van der Waals surface area contributed by atoms with E-state index in [9.17, 15) is 8.42 Å². The van der Waals surface area contributed by atoms with Crippen molar-refractivity contribution in [3.8, 4) is 28.4 Å². The highest BCUT2D eigenvalue weighted by atomic mass is 35.5. The Morgan fingerprint density at radius 3 is 2.22 bits per heavy atom. The summed E-state index contributed by atoms with van der Waals surface area (Å²) in [6, 6.07) is 12.6. The van der Waals surface area contributed by atoms with Crippen molar-refractivity contribution in [3.05, 3.63) is 63.6 Å². The largest absolute Gasteiger partial charge is 0.493 e. The number of ether oxygens (including phenoxy) is 3. The lowest BCUT2D eigenvalue weighted by Gasteiger charge is -2.26. The first-order valence-electron chi connectivity index (χ1n) is 11.0. The number of nitrogens with one attached hydrogen (secondary N) is 2. The van der Waals surface area contributed by atoms with E-state index < -0.39 is 15.6 Å². The van der Waals surface area contributed by atoms with Crippen LogP contribution in [0.4, 0.5) is 5.69 Å². The van der Waals surface area contributed by atoms with Crippen LogP contribution in [0.5, 0.6) is 17.2 Å². The van der Waals surface area contributed by atoms with Gasteiger partial charge in [0.2, 0.25) is 0 Å². The summed E-state index contributed by atoms with van der Waals surface area (Å²) in [7, 11) is -1.21. The Kier molecular flexibility index (Phi) is 7.83. The van der Waals surface area contributed by atoms with E-state index in [0.29, 0.717) is 44.9 Å². The second-order valence-corrected chi connectivity index (χ2v) is 11.4. The van der Waals surface area contributed by atoms with E-state index in [2.05, 4.69) is 10.0 Å². The summed E-state index contributed by atoms with van der Waals surface area (Å²) in [5, 5.41) is 4.28. The van der Waals surface area contributed by atoms with Gasteiger partial charge in [0.1, 0.15) is 11.4 Å². The molecule has 2 N–H and O–H groups in total. The number of hydrogen-bond donors (Lipinski definition) is 2. The third kappa shape index (κ3) is 5.63. The molecule has 1 fully saturated rings. The van der Waals surface area contributed by atoms with Gasteiger partial charge in [-0.3, -0.25) is 4.72 Å². The van der Waals surface area contributed by atoms with Gasteiger partial charge < -0.3 is 19.5 Å². The van der Waals surface area contributed by atoms with Gasteiger partial charge in [0.15, 0.2) is 11.5 Å². The molecule has 1 aliphatic rings. The molecule has 0 unspecified atom stereocenters. The summed E-state index contributed by atoms with van der Waals surface area (Å²) in [6.45, 7) is 3.47. The summed E-state index contributed by atoms with van der Waals surface area (Å²) in [5.74, 6) is 1.00. The number of rotatable bonds is 8. The van der Waals surface area contributed by atoms with E-state index in [1.54, 1.807) is 42.5 Å². The molecule has 0 saturated carbocycles. The minimum atomic E-state index is -4.12. The van der Waals surface area contributed by atoms with Crippen molar-refractivity contribution >= 4 is 50.5 Å². The number of benzene rings is 3. The SMILES string of the molecule is COc1cc(-c2ccc(Cl)c(Cl)c2)c(S(=O)(=O)Nc2ccc(Cl)c(O[C@]3(C)CCNC3)c2)cc1OC. The minimum Gasteiger partial charge on any atom is -0.493 e. The highest BCUT2D eigenvalue weighted by molar-refractivity contribution is 7.92. The second kappa shape index (κ2) is 10.6. The second-order valence-electron chi connectivity index (χ2n) is 8.56. The molecule has 0 radical (unpaired) electrons. The van der Waals surface area contributed by atoms with Crippen molar-refractivity contribution in [2.75, 3.05) is 32.0 Å². The number of sulfonamides is 1. The molecule has 1 saturated heterocycles. The van der Waals surface area contributed by atoms with E-state index in [-0.39, 0.29) is 15.7 Å². The first-order valence-corrected chi connectivity index (χ1v) is 13.6. The first kappa shape index (κ1) is 26.7. The van der Waals surface area contributed by atoms with Gasteiger partial charge in [-0.15, -0.1) is 0 Å². The zero-order valence-electron chi connectivity index (χ0n) is 19.8. The maximum absolute atomic E-state index is 13.7. The molecule has 0 bridgehead atoms. The lowest BCUT2D eigenvalue weighted by Crippen LogP contribution is -2.34. The molecule has 3 aromatic rings. The highest BCUT2D eigenvalue weighted by Gasteiger charge is 2.31. The van der Waals surface area contributed by atoms with Gasteiger partial charge in [-0.1, -0.05) is 40.9 Å². The predicted molar refractivity (Wildman–Crippen MR) is 144 cm³/mol. The van der Waals surface area contributed by atoms with Gasteiger partial charge in [0.25, 0.3) is 10.0 Å². The number of anilines is 1. The first-order chi connectivity index (χ1) is 17.0. The Morgan fingerprint density at radius 1 is 0.889 bits per heavy atom. The fourth-order valence-electron chi connectivity index (χ4n) is 3.97. The Labute approximate surface area is 225 Å². The molecule has 0 amide bonds. The van der Waals surface area contributed by atoms with Crippen LogP contribution in [0.15, 0.2) is 53.4 Å². The molecule has 7 nitrogen and oxygen atoms in total. The van der Waals surface area contributed by atoms with Crippen LogP contribution in [-0.4, -0.2) is 41.3 Å². The lowest BCUT2D eigenvalue weighted by atomic mass is 10.0. The summed E-state index contributed by atoms with van der Waals surface area (Å²) in [5.41, 5.74) is 0.742. The Balaban J connectivity index is 1.76. The van der Waals surface area contributed by atoms with Crippen LogP contribution in [0.2, 0.25) is 15.1 Å². The highest BCUT2D eigenvalue weighted by Crippen LogP contribution is 2.41. The summed E-state index contributed by atoms with van der Waals surface area (Å²) < 4.78 is 46.9. The Bertz CT molecular complexity index is 1390. The molecule has 11 heteroatoms. The van der Waals surface area contributed by atoms with Crippen molar-refractivity contribution in [2.24, 2.45) is 0 Å². The lowest BCUT2D eigenvalue weighted by molar-refractivity contribution is 0.111. The third-order valence-corrected chi connectivity index (χ3v) is 8.35. The molecule has 0 aliphatic carbocycles. The van der Waals surface area contributed by atoms with Crippen LogP contribution in [0.3, 0.4) is 0 Å². The smallest absolute Gasteiger partial charge is 0.262 e. The van der Waals surface area contributed by atoms with Gasteiger partial charge in [0, 0.05) is 30.7 Å². The van der Waals surface area contributed by atoms with Crippen LogP contribution >= 0.6 is 34.8 Å². The van der Waals surface area contributed by atoms with Crippen molar-refractivity contribution in [2.45, 2.75) is 23.8 Å². The van der Waals surface area contributed by atoms with Crippen molar-refractivity contribution < 1.29 is 22.6 Å². The monoisotopic (exact) mass is 570 g/mol. The maximum atomic E-state index is 13.7.